The highest BCUT2D eigenvalue weighted by atomic mass is 16.6. The summed E-state index contributed by atoms with van der Waals surface area (Å²) in [6.45, 7) is -0.626. The predicted octanol–water partition coefficient (Wildman–Crippen LogP) is 1.12. The summed E-state index contributed by atoms with van der Waals surface area (Å²) >= 11 is 0. The lowest BCUT2D eigenvalue weighted by Crippen LogP contribution is -2.42. The third-order valence-corrected chi connectivity index (χ3v) is 3.74. The van der Waals surface area contributed by atoms with Gasteiger partial charge in [-0.3, -0.25) is 14.9 Å². The number of nitro benzene ring substituents is 1. The average molecular weight is 360 g/mol. The highest BCUT2D eigenvalue weighted by Crippen LogP contribution is 2.21. The highest BCUT2D eigenvalue weighted by molar-refractivity contribution is 6.04. The van der Waals surface area contributed by atoms with Gasteiger partial charge in [0.15, 0.2) is 0 Å². The van der Waals surface area contributed by atoms with E-state index in [0.29, 0.717) is 0 Å². The molecule has 0 bridgehead atoms. The van der Waals surface area contributed by atoms with E-state index in [-0.39, 0.29) is 22.4 Å². The van der Waals surface area contributed by atoms with E-state index in [1.165, 1.54) is 48.5 Å². The normalized spacial score (nSPS) is 12.8. The van der Waals surface area contributed by atoms with Crippen LogP contribution in [0.25, 0.3) is 0 Å². The number of non-ortho nitro benzene ring substituents is 1. The van der Waals surface area contributed by atoms with Crippen LogP contribution in [0.2, 0.25) is 0 Å². The second-order valence-electron chi connectivity index (χ2n) is 5.41. The Morgan fingerprint density at radius 3 is 2.15 bits per heavy atom. The monoisotopic (exact) mass is 360 g/mol. The summed E-state index contributed by atoms with van der Waals surface area (Å²) in [5.41, 5.74) is -0.247. The summed E-state index contributed by atoms with van der Waals surface area (Å²) in [6.07, 6.45) is -1.35. The van der Waals surface area contributed by atoms with Crippen LogP contribution in [0.4, 0.5) is 5.69 Å². The van der Waals surface area contributed by atoms with Crippen LogP contribution in [0.5, 0.6) is 0 Å². The topological polar surface area (TPSA) is 150 Å². The fraction of sp³-hybridized carbons (Fsp3) is 0.176. The number of hydrogen-bond donors (Lipinski definition) is 4. The van der Waals surface area contributed by atoms with Gasteiger partial charge in [-0.05, 0) is 29.8 Å². The number of carboxylic acids is 1. The predicted molar refractivity (Wildman–Crippen MR) is 89.8 cm³/mol. The summed E-state index contributed by atoms with van der Waals surface area (Å²) in [5.74, 6) is -2.06. The third kappa shape index (κ3) is 4.21. The summed E-state index contributed by atoms with van der Waals surface area (Å²) in [4.78, 5) is 33.6. The quantitative estimate of drug-likeness (QED) is 0.427. The lowest BCUT2D eigenvalue weighted by molar-refractivity contribution is -0.384. The molecule has 0 saturated carbocycles. The standard InChI is InChI=1S/C17H16N2O7/c20-9-14(15(21)10-5-7-11(8-6-10)19(25)26)18-16(22)12-3-1-2-4-13(12)17(23)24/h1-8,14-15,20-21H,9H2,(H,18,22)(H,23,24)/t14-,15-/m0/s1. The van der Waals surface area contributed by atoms with Gasteiger partial charge in [-0.2, -0.15) is 0 Å². The van der Waals surface area contributed by atoms with Crippen LogP contribution in [0.1, 0.15) is 32.4 Å². The van der Waals surface area contributed by atoms with Crippen molar-refractivity contribution in [3.8, 4) is 0 Å². The summed E-state index contributed by atoms with van der Waals surface area (Å²) < 4.78 is 0. The van der Waals surface area contributed by atoms with Crippen LogP contribution in [-0.4, -0.2) is 44.8 Å². The minimum absolute atomic E-state index is 0.116. The zero-order chi connectivity index (χ0) is 19.3. The van der Waals surface area contributed by atoms with Crippen molar-refractivity contribution in [1.29, 1.82) is 0 Å². The number of carbonyl (C=O) groups excluding carboxylic acids is 1. The molecule has 4 N–H and O–H groups in total. The first-order chi connectivity index (χ1) is 12.3. The highest BCUT2D eigenvalue weighted by Gasteiger charge is 2.25. The van der Waals surface area contributed by atoms with Gasteiger partial charge in [0, 0.05) is 12.1 Å². The van der Waals surface area contributed by atoms with Crippen molar-refractivity contribution < 1.29 is 29.8 Å². The second kappa shape index (κ2) is 8.19. The number of carbonyl (C=O) groups is 2. The van der Waals surface area contributed by atoms with Gasteiger partial charge >= 0.3 is 5.97 Å². The van der Waals surface area contributed by atoms with Gasteiger partial charge in [-0.15, -0.1) is 0 Å². The number of hydrogen-bond acceptors (Lipinski definition) is 6. The Bertz CT molecular complexity index is 820. The number of benzene rings is 2. The molecule has 26 heavy (non-hydrogen) atoms. The Kier molecular flexibility index (Phi) is 5.99. The van der Waals surface area contributed by atoms with Crippen LogP contribution in [-0.2, 0) is 0 Å². The number of rotatable bonds is 7. The van der Waals surface area contributed by atoms with Crippen molar-refractivity contribution in [1.82, 2.24) is 5.32 Å². The molecule has 0 aliphatic heterocycles. The van der Waals surface area contributed by atoms with Crippen molar-refractivity contribution in [3.63, 3.8) is 0 Å². The number of nitrogens with one attached hydrogen (secondary N) is 1. The van der Waals surface area contributed by atoms with Crippen molar-refractivity contribution in [2.75, 3.05) is 6.61 Å². The van der Waals surface area contributed by atoms with E-state index in [9.17, 15) is 29.9 Å². The molecule has 136 valence electrons. The van der Waals surface area contributed by atoms with Gasteiger partial charge < -0.3 is 20.6 Å². The molecule has 0 heterocycles. The summed E-state index contributed by atoms with van der Waals surface area (Å²) in [7, 11) is 0. The van der Waals surface area contributed by atoms with Crippen molar-refractivity contribution in [2.45, 2.75) is 12.1 Å². The van der Waals surface area contributed by atoms with Crippen LogP contribution in [0, 0.1) is 10.1 Å². The summed E-state index contributed by atoms with van der Waals surface area (Å²) in [6, 6.07) is 9.39. The zero-order valence-electron chi connectivity index (χ0n) is 13.4. The molecule has 2 rings (SSSR count). The smallest absolute Gasteiger partial charge is 0.336 e. The number of aromatic carboxylic acids is 1. The average Bonchev–Trinajstić information content (AvgIpc) is 2.65. The van der Waals surface area contributed by atoms with Crippen LogP contribution in [0.3, 0.4) is 0 Å². The van der Waals surface area contributed by atoms with Crippen LogP contribution >= 0.6 is 0 Å². The molecule has 9 nitrogen and oxygen atoms in total. The Morgan fingerprint density at radius 2 is 1.65 bits per heavy atom. The van der Waals surface area contributed by atoms with E-state index in [1.807, 2.05) is 0 Å². The van der Waals surface area contributed by atoms with Crippen LogP contribution < -0.4 is 5.32 Å². The molecule has 0 spiro atoms. The van der Waals surface area contributed by atoms with Gasteiger partial charge in [0.1, 0.15) is 6.10 Å². The molecule has 0 fully saturated rings. The minimum Gasteiger partial charge on any atom is -0.478 e. The SMILES string of the molecule is O=C(O)c1ccccc1C(=O)N[C@@H](CO)[C@@H](O)c1ccc([N+](=O)[O-])cc1. The molecule has 2 aromatic rings. The molecule has 0 aromatic heterocycles. The van der Waals surface area contributed by atoms with E-state index in [1.54, 1.807) is 0 Å². The maximum atomic E-state index is 12.3. The lowest BCUT2D eigenvalue weighted by atomic mass is 10.0. The fourth-order valence-corrected chi connectivity index (χ4v) is 2.36. The first-order valence-corrected chi connectivity index (χ1v) is 7.51. The lowest BCUT2D eigenvalue weighted by Gasteiger charge is -2.23. The van der Waals surface area contributed by atoms with E-state index in [0.717, 1.165) is 0 Å². The first kappa shape index (κ1) is 19.0. The number of amides is 1. The molecule has 2 atom stereocenters. The van der Waals surface area contributed by atoms with Gasteiger partial charge in [-0.25, -0.2) is 4.79 Å². The number of carboxylic acid groups (broad SMARTS) is 1. The Morgan fingerprint density at radius 1 is 1.08 bits per heavy atom. The molecule has 0 unspecified atom stereocenters. The van der Waals surface area contributed by atoms with Gasteiger partial charge in [0.05, 0.1) is 28.7 Å². The number of nitro groups is 1. The Labute approximate surface area is 147 Å². The van der Waals surface area contributed by atoms with Crippen LogP contribution in [0.15, 0.2) is 48.5 Å². The molecule has 0 saturated heterocycles. The number of aliphatic hydroxyl groups excluding tert-OH is 2. The van der Waals surface area contributed by atoms with Gasteiger partial charge in [0.2, 0.25) is 0 Å². The first-order valence-electron chi connectivity index (χ1n) is 7.51. The molecule has 0 aliphatic carbocycles. The van der Waals surface area contributed by atoms with Crippen molar-refractivity contribution in [3.05, 3.63) is 75.3 Å². The third-order valence-electron chi connectivity index (χ3n) is 3.74. The van der Waals surface area contributed by atoms with Crippen molar-refractivity contribution >= 4 is 17.6 Å². The molecule has 1 amide bonds. The Balaban J connectivity index is 2.19. The number of aliphatic hydroxyl groups is 2. The van der Waals surface area contributed by atoms with E-state index >= 15 is 0 Å². The van der Waals surface area contributed by atoms with E-state index in [4.69, 9.17) is 5.11 Å². The molecule has 9 heteroatoms. The van der Waals surface area contributed by atoms with Gasteiger partial charge in [0.25, 0.3) is 11.6 Å². The zero-order valence-corrected chi connectivity index (χ0v) is 13.4. The maximum absolute atomic E-state index is 12.3. The maximum Gasteiger partial charge on any atom is 0.336 e. The molecular formula is C17H16N2O7. The molecular weight excluding hydrogens is 344 g/mol. The van der Waals surface area contributed by atoms with Gasteiger partial charge in [-0.1, -0.05) is 12.1 Å². The Hall–Kier alpha value is -3.30. The molecule has 0 radical (unpaired) electrons. The second-order valence-corrected chi connectivity index (χ2v) is 5.41. The minimum atomic E-state index is -1.35. The van der Waals surface area contributed by atoms with E-state index < -0.39 is 35.6 Å². The number of nitrogens with zero attached hydrogens (tertiary/aromatic N) is 1. The van der Waals surface area contributed by atoms with Crippen molar-refractivity contribution in [2.24, 2.45) is 0 Å². The largest absolute Gasteiger partial charge is 0.478 e. The van der Waals surface area contributed by atoms with E-state index in [2.05, 4.69) is 5.32 Å². The molecule has 0 aliphatic rings. The molecule has 2 aromatic carbocycles. The fourth-order valence-electron chi connectivity index (χ4n) is 2.36. The summed E-state index contributed by atoms with van der Waals surface area (Å²) in [5, 5.41) is 42.0.